The second-order valence-corrected chi connectivity index (χ2v) is 9.17. The molecule has 4 N–H and O–H groups in total. The number of carbonyl (C=O) groups is 2. The number of hydrogen-bond acceptors (Lipinski definition) is 5. The SMILES string of the molecule is O=C(CC[C@@H]1CNC(=O)[C@@H]2C[C@H](NC(=S)Nc3ccc(Cl)cc3)CN12)NCc1cccnc1. The van der Waals surface area contributed by atoms with Crippen LogP contribution in [0.3, 0.4) is 0 Å². The number of aromatic nitrogens is 1. The van der Waals surface area contributed by atoms with Crippen molar-refractivity contribution in [3.63, 3.8) is 0 Å². The molecule has 4 rings (SSSR count). The number of nitrogens with one attached hydrogen (secondary N) is 4. The normalized spacial score (nSPS) is 22.2. The summed E-state index contributed by atoms with van der Waals surface area (Å²) < 4.78 is 0. The van der Waals surface area contributed by atoms with Crippen LogP contribution >= 0.6 is 23.8 Å². The molecule has 0 aliphatic carbocycles. The number of piperazine rings is 1. The fraction of sp³-hybridized carbons (Fsp3) is 0.391. The molecule has 2 aromatic rings. The predicted molar refractivity (Wildman–Crippen MR) is 132 cm³/mol. The summed E-state index contributed by atoms with van der Waals surface area (Å²) in [5.41, 5.74) is 1.81. The summed E-state index contributed by atoms with van der Waals surface area (Å²) in [4.78, 5) is 31.0. The van der Waals surface area contributed by atoms with Crippen LogP contribution in [0.1, 0.15) is 24.8 Å². The van der Waals surface area contributed by atoms with Crippen molar-refractivity contribution in [1.82, 2.24) is 25.8 Å². The van der Waals surface area contributed by atoms with Gasteiger partial charge in [0.1, 0.15) is 0 Å². The minimum atomic E-state index is -0.210. The number of carbonyl (C=O) groups excluding carboxylic acids is 2. The van der Waals surface area contributed by atoms with E-state index in [1.54, 1.807) is 24.5 Å². The van der Waals surface area contributed by atoms with Gasteiger partial charge < -0.3 is 21.3 Å². The first-order chi connectivity index (χ1) is 16.0. The summed E-state index contributed by atoms with van der Waals surface area (Å²) in [7, 11) is 0. The minimum Gasteiger partial charge on any atom is -0.358 e. The van der Waals surface area contributed by atoms with Crippen molar-refractivity contribution in [1.29, 1.82) is 0 Å². The van der Waals surface area contributed by atoms with E-state index in [1.165, 1.54) is 0 Å². The Morgan fingerprint density at radius 3 is 2.85 bits per heavy atom. The lowest BCUT2D eigenvalue weighted by atomic mass is 10.0. The molecule has 2 aliphatic rings. The highest BCUT2D eigenvalue weighted by Gasteiger charge is 2.43. The molecule has 2 fully saturated rings. The van der Waals surface area contributed by atoms with Gasteiger partial charge in [-0.2, -0.15) is 0 Å². The lowest BCUT2D eigenvalue weighted by molar-refractivity contribution is -0.129. The molecule has 3 heterocycles. The molecule has 0 radical (unpaired) electrons. The Hall–Kier alpha value is -2.75. The molecule has 1 aromatic heterocycles. The lowest BCUT2D eigenvalue weighted by Crippen LogP contribution is -2.58. The Bertz CT molecular complexity index is 990. The zero-order valence-electron chi connectivity index (χ0n) is 18.1. The number of pyridine rings is 1. The van der Waals surface area contributed by atoms with Crippen LogP contribution in [-0.4, -0.2) is 58.0 Å². The summed E-state index contributed by atoms with van der Waals surface area (Å²) >= 11 is 11.4. The molecule has 2 aliphatic heterocycles. The predicted octanol–water partition coefficient (Wildman–Crippen LogP) is 2.06. The van der Waals surface area contributed by atoms with Gasteiger partial charge in [-0.25, -0.2) is 0 Å². The Balaban J connectivity index is 1.26. The van der Waals surface area contributed by atoms with Gasteiger partial charge in [-0.1, -0.05) is 17.7 Å². The molecule has 3 atom stereocenters. The van der Waals surface area contributed by atoms with Gasteiger partial charge in [0, 0.05) is 61.2 Å². The van der Waals surface area contributed by atoms with Gasteiger partial charge in [0.2, 0.25) is 11.8 Å². The molecule has 0 unspecified atom stereocenters. The van der Waals surface area contributed by atoms with E-state index in [1.807, 2.05) is 24.3 Å². The molecule has 10 heteroatoms. The monoisotopic (exact) mass is 486 g/mol. The molecule has 33 heavy (non-hydrogen) atoms. The van der Waals surface area contributed by atoms with E-state index in [9.17, 15) is 9.59 Å². The van der Waals surface area contributed by atoms with E-state index < -0.39 is 0 Å². The third kappa shape index (κ3) is 6.40. The fourth-order valence-corrected chi connectivity index (χ4v) is 4.73. The van der Waals surface area contributed by atoms with Crippen molar-refractivity contribution in [2.45, 2.75) is 43.9 Å². The highest BCUT2D eigenvalue weighted by molar-refractivity contribution is 7.80. The molecule has 0 spiro atoms. The van der Waals surface area contributed by atoms with Crippen LogP contribution in [0.2, 0.25) is 5.02 Å². The molecule has 1 aromatic carbocycles. The molecule has 8 nitrogen and oxygen atoms in total. The third-order valence-electron chi connectivity index (χ3n) is 5.98. The first-order valence-electron chi connectivity index (χ1n) is 11.0. The van der Waals surface area contributed by atoms with Crippen molar-refractivity contribution >= 4 is 46.4 Å². The van der Waals surface area contributed by atoms with Gasteiger partial charge in [-0.3, -0.25) is 19.5 Å². The standard InChI is InChI=1S/C23H27ClN6O2S/c24-16-3-5-17(6-4-16)28-23(33)29-18-10-20-22(32)27-13-19(30(20)14-18)7-8-21(31)26-12-15-2-1-9-25-11-15/h1-6,9,11,18-20H,7-8,10,12-14H2,(H,26,31)(H,27,32)(H2,28,29,33)/t18-,19+,20-/m0/s1. The highest BCUT2D eigenvalue weighted by Crippen LogP contribution is 2.26. The first kappa shape index (κ1) is 23.4. The smallest absolute Gasteiger partial charge is 0.237 e. The van der Waals surface area contributed by atoms with Gasteiger partial charge in [-0.15, -0.1) is 0 Å². The van der Waals surface area contributed by atoms with E-state index in [4.69, 9.17) is 23.8 Å². The summed E-state index contributed by atoms with van der Waals surface area (Å²) in [5.74, 6) is 0.0303. The van der Waals surface area contributed by atoms with E-state index in [2.05, 4.69) is 31.2 Å². The molecule has 2 amide bonds. The van der Waals surface area contributed by atoms with Gasteiger partial charge >= 0.3 is 0 Å². The number of benzene rings is 1. The lowest BCUT2D eigenvalue weighted by Gasteiger charge is -2.37. The van der Waals surface area contributed by atoms with Gasteiger partial charge in [0.25, 0.3) is 0 Å². The van der Waals surface area contributed by atoms with Crippen molar-refractivity contribution in [3.8, 4) is 0 Å². The first-order valence-corrected chi connectivity index (χ1v) is 11.8. The number of nitrogens with zero attached hydrogens (tertiary/aromatic N) is 2. The number of anilines is 1. The second-order valence-electron chi connectivity index (χ2n) is 8.33. The van der Waals surface area contributed by atoms with Crippen LogP contribution in [-0.2, 0) is 16.1 Å². The number of hydrogen-bond donors (Lipinski definition) is 4. The minimum absolute atomic E-state index is 0.00508. The maximum absolute atomic E-state index is 12.4. The summed E-state index contributed by atoms with van der Waals surface area (Å²) in [6.07, 6.45) is 5.19. The van der Waals surface area contributed by atoms with Gasteiger partial charge in [0.15, 0.2) is 5.11 Å². The van der Waals surface area contributed by atoms with E-state index in [0.717, 1.165) is 11.3 Å². The highest BCUT2D eigenvalue weighted by atomic mass is 35.5. The second kappa shape index (κ2) is 10.9. The number of halogens is 1. The van der Waals surface area contributed by atoms with Crippen LogP contribution in [0.25, 0.3) is 0 Å². The molecule has 0 bridgehead atoms. The molecule has 2 saturated heterocycles. The maximum atomic E-state index is 12.4. The Kier molecular flexibility index (Phi) is 7.74. The Morgan fingerprint density at radius 2 is 2.09 bits per heavy atom. The van der Waals surface area contributed by atoms with Gasteiger partial charge in [-0.05, 0) is 61.0 Å². The van der Waals surface area contributed by atoms with Crippen LogP contribution in [0, 0.1) is 0 Å². The van der Waals surface area contributed by atoms with Crippen LogP contribution < -0.4 is 21.3 Å². The summed E-state index contributed by atoms with van der Waals surface area (Å²) in [6.45, 7) is 1.71. The summed E-state index contributed by atoms with van der Waals surface area (Å²) in [5, 5.41) is 13.6. The average Bonchev–Trinajstić information content (AvgIpc) is 3.24. The largest absolute Gasteiger partial charge is 0.358 e. The molecular weight excluding hydrogens is 460 g/mol. The number of amides is 2. The number of fused-ring (bicyclic) bond motifs is 1. The van der Waals surface area contributed by atoms with E-state index in [-0.39, 0.29) is 29.9 Å². The topological polar surface area (TPSA) is 98.4 Å². The number of thiocarbonyl (C=S) groups is 1. The van der Waals surface area contributed by atoms with Gasteiger partial charge in [0.05, 0.1) is 6.04 Å². The quantitative estimate of drug-likeness (QED) is 0.445. The van der Waals surface area contributed by atoms with E-state index >= 15 is 0 Å². The van der Waals surface area contributed by atoms with Crippen molar-refractivity contribution in [2.24, 2.45) is 0 Å². The third-order valence-corrected chi connectivity index (χ3v) is 6.45. The average molecular weight is 487 g/mol. The van der Waals surface area contributed by atoms with Crippen molar-refractivity contribution in [3.05, 3.63) is 59.4 Å². The Labute approximate surface area is 203 Å². The van der Waals surface area contributed by atoms with Crippen molar-refractivity contribution in [2.75, 3.05) is 18.4 Å². The zero-order valence-corrected chi connectivity index (χ0v) is 19.7. The molecule has 0 saturated carbocycles. The van der Waals surface area contributed by atoms with Crippen LogP contribution in [0.5, 0.6) is 0 Å². The number of rotatable bonds is 7. The maximum Gasteiger partial charge on any atom is 0.237 e. The zero-order chi connectivity index (χ0) is 23.2. The van der Waals surface area contributed by atoms with E-state index in [0.29, 0.717) is 49.0 Å². The Morgan fingerprint density at radius 1 is 1.27 bits per heavy atom. The van der Waals surface area contributed by atoms with Crippen molar-refractivity contribution < 1.29 is 9.59 Å². The molecule has 174 valence electrons. The van der Waals surface area contributed by atoms with Crippen LogP contribution in [0.4, 0.5) is 5.69 Å². The summed E-state index contributed by atoms with van der Waals surface area (Å²) in [6, 6.07) is 11.0. The molecular formula is C23H27ClN6O2S. The van der Waals surface area contributed by atoms with Crippen LogP contribution in [0.15, 0.2) is 48.8 Å². The fourth-order valence-electron chi connectivity index (χ4n) is 4.32.